The minimum absolute atomic E-state index is 0.168. The smallest absolute Gasteiger partial charge is 0.253 e. The summed E-state index contributed by atoms with van der Waals surface area (Å²) < 4.78 is 18.1. The van der Waals surface area contributed by atoms with Crippen LogP contribution in [-0.4, -0.2) is 25.7 Å². The van der Waals surface area contributed by atoms with Gasteiger partial charge in [0.05, 0.1) is 5.56 Å². The molecule has 0 fully saturated rings. The van der Waals surface area contributed by atoms with Gasteiger partial charge < -0.3 is 15.8 Å². The molecule has 0 aliphatic heterocycles. The topological polar surface area (TPSA) is 64.3 Å². The van der Waals surface area contributed by atoms with Crippen LogP contribution < -0.4 is 11.1 Å². The third-order valence-electron chi connectivity index (χ3n) is 2.22. The van der Waals surface area contributed by atoms with E-state index in [1.165, 1.54) is 12.1 Å². The molecule has 0 unspecified atom stereocenters. The molecule has 1 aromatic carbocycles. The zero-order chi connectivity index (χ0) is 12.7. The quantitative estimate of drug-likeness (QED) is 0.586. The SMILES string of the molecule is CCOCCCNC(=O)c1cc(F)ccc1N. The Morgan fingerprint density at radius 2 is 2.29 bits per heavy atom. The molecule has 3 N–H and O–H groups in total. The van der Waals surface area contributed by atoms with Crippen molar-refractivity contribution < 1.29 is 13.9 Å². The fourth-order valence-corrected chi connectivity index (χ4v) is 1.34. The van der Waals surface area contributed by atoms with Gasteiger partial charge in [-0.05, 0) is 31.5 Å². The van der Waals surface area contributed by atoms with Crippen molar-refractivity contribution in [3.8, 4) is 0 Å². The van der Waals surface area contributed by atoms with Gasteiger partial charge in [0.15, 0.2) is 0 Å². The number of carbonyl (C=O) groups excluding carboxylic acids is 1. The molecule has 0 spiro atoms. The second-order valence-electron chi connectivity index (χ2n) is 3.54. The average Bonchev–Trinajstić information content (AvgIpc) is 2.32. The van der Waals surface area contributed by atoms with Gasteiger partial charge >= 0.3 is 0 Å². The molecule has 1 amide bonds. The zero-order valence-corrected chi connectivity index (χ0v) is 9.83. The van der Waals surface area contributed by atoms with Crippen LogP contribution in [0.1, 0.15) is 23.7 Å². The Balaban J connectivity index is 2.44. The van der Waals surface area contributed by atoms with Crippen molar-refractivity contribution in [1.82, 2.24) is 5.32 Å². The summed E-state index contributed by atoms with van der Waals surface area (Å²) in [7, 11) is 0. The van der Waals surface area contributed by atoms with E-state index in [4.69, 9.17) is 10.5 Å². The van der Waals surface area contributed by atoms with Crippen molar-refractivity contribution in [2.45, 2.75) is 13.3 Å². The summed E-state index contributed by atoms with van der Waals surface area (Å²) in [5, 5.41) is 2.66. The van der Waals surface area contributed by atoms with E-state index >= 15 is 0 Å². The Morgan fingerprint density at radius 3 is 3.00 bits per heavy atom. The van der Waals surface area contributed by atoms with Crippen LogP contribution in [0, 0.1) is 5.82 Å². The van der Waals surface area contributed by atoms with Gasteiger partial charge in [-0.15, -0.1) is 0 Å². The molecule has 0 saturated heterocycles. The van der Waals surface area contributed by atoms with Gasteiger partial charge in [-0.2, -0.15) is 0 Å². The summed E-state index contributed by atoms with van der Waals surface area (Å²) in [6, 6.07) is 3.73. The number of nitrogen functional groups attached to an aromatic ring is 1. The monoisotopic (exact) mass is 240 g/mol. The summed E-state index contributed by atoms with van der Waals surface area (Å²) >= 11 is 0. The summed E-state index contributed by atoms with van der Waals surface area (Å²) in [5.74, 6) is -0.836. The number of ether oxygens (including phenoxy) is 1. The third-order valence-corrected chi connectivity index (χ3v) is 2.22. The van der Waals surface area contributed by atoms with Crippen LogP contribution in [0.15, 0.2) is 18.2 Å². The van der Waals surface area contributed by atoms with Crippen LogP contribution in [0.25, 0.3) is 0 Å². The van der Waals surface area contributed by atoms with Crippen LogP contribution in [-0.2, 0) is 4.74 Å². The molecule has 0 atom stereocenters. The van der Waals surface area contributed by atoms with Crippen LogP contribution in [0.5, 0.6) is 0 Å². The molecule has 1 aromatic rings. The number of rotatable bonds is 6. The first kappa shape index (κ1) is 13.4. The average molecular weight is 240 g/mol. The molecule has 0 heterocycles. The normalized spacial score (nSPS) is 10.2. The number of amides is 1. The highest BCUT2D eigenvalue weighted by Gasteiger charge is 2.09. The lowest BCUT2D eigenvalue weighted by Gasteiger charge is -2.07. The largest absolute Gasteiger partial charge is 0.398 e. The van der Waals surface area contributed by atoms with E-state index in [2.05, 4.69) is 5.32 Å². The Bertz CT molecular complexity index is 383. The number of anilines is 1. The lowest BCUT2D eigenvalue weighted by atomic mass is 10.1. The second-order valence-corrected chi connectivity index (χ2v) is 3.54. The fraction of sp³-hybridized carbons (Fsp3) is 0.417. The van der Waals surface area contributed by atoms with Crippen molar-refractivity contribution in [2.24, 2.45) is 0 Å². The van der Waals surface area contributed by atoms with E-state index in [-0.39, 0.29) is 17.2 Å². The molecule has 1 rings (SSSR count). The number of hydrogen-bond donors (Lipinski definition) is 2. The molecule has 0 radical (unpaired) electrons. The molecule has 4 nitrogen and oxygen atoms in total. The Kier molecular flexibility index (Phi) is 5.42. The highest BCUT2D eigenvalue weighted by Crippen LogP contribution is 2.12. The predicted molar refractivity (Wildman–Crippen MR) is 64.3 cm³/mol. The van der Waals surface area contributed by atoms with Crippen molar-refractivity contribution in [2.75, 3.05) is 25.5 Å². The number of nitrogens with one attached hydrogen (secondary N) is 1. The maximum absolute atomic E-state index is 12.9. The molecule has 0 aromatic heterocycles. The first-order valence-electron chi connectivity index (χ1n) is 5.56. The highest BCUT2D eigenvalue weighted by molar-refractivity contribution is 5.99. The number of nitrogens with two attached hydrogens (primary N) is 1. The third kappa shape index (κ3) is 4.40. The maximum Gasteiger partial charge on any atom is 0.253 e. The molecule has 0 saturated carbocycles. The summed E-state index contributed by atoms with van der Waals surface area (Å²) in [5.41, 5.74) is 6.03. The fourth-order valence-electron chi connectivity index (χ4n) is 1.34. The molecule has 94 valence electrons. The first-order chi connectivity index (χ1) is 8.15. The molecular weight excluding hydrogens is 223 g/mol. The van der Waals surface area contributed by atoms with Gasteiger partial charge in [-0.25, -0.2) is 4.39 Å². The van der Waals surface area contributed by atoms with Gasteiger partial charge in [0.2, 0.25) is 0 Å². The van der Waals surface area contributed by atoms with Crippen molar-refractivity contribution >= 4 is 11.6 Å². The van der Waals surface area contributed by atoms with E-state index in [0.29, 0.717) is 19.8 Å². The van der Waals surface area contributed by atoms with Crippen molar-refractivity contribution in [3.05, 3.63) is 29.6 Å². The van der Waals surface area contributed by atoms with Crippen LogP contribution >= 0.6 is 0 Å². The number of carbonyl (C=O) groups is 1. The van der Waals surface area contributed by atoms with Gasteiger partial charge in [0.1, 0.15) is 5.82 Å². The molecule has 0 aliphatic rings. The van der Waals surface area contributed by atoms with Gasteiger partial charge in [-0.3, -0.25) is 4.79 Å². The minimum Gasteiger partial charge on any atom is -0.398 e. The van der Waals surface area contributed by atoms with Crippen LogP contribution in [0.2, 0.25) is 0 Å². The Labute approximate surface area is 100.0 Å². The van der Waals surface area contributed by atoms with Crippen LogP contribution in [0.3, 0.4) is 0 Å². The zero-order valence-electron chi connectivity index (χ0n) is 9.83. The van der Waals surface area contributed by atoms with E-state index in [1.54, 1.807) is 0 Å². The van der Waals surface area contributed by atoms with Gasteiger partial charge in [0, 0.05) is 25.4 Å². The lowest BCUT2D eigenvalue weighted by Crippen LogP contribution is -2.26. The lowest BCUT2D eigenvalue weighted by molar-refractivity contribution is 0.0944. The summed E-state index contributed by atoms with van der Waals surface area (Å²) in [4.78, 5) is 11.7. The van der Waals surface area contributed by atoms with Gasteiger partial charge in [0.25, 0.3) is 5.91 Å². The second kappa shape index (κ2) is 6.85. The predicted octanol–water partition coefficient (Wildman–Crippen LogP) is 1.56. The summed E-state index contributed by atoms with van der Waals surface area (Å²) in [6.45, 7) is 3.64. The Hall–Kier alpha value is -1.62. The standard InChI is InChI=1S/C12H17FN2O2/c1-2-17-7-3-6-15-12(16)10-8-9(13)4-5-11(10)14/h4-5,8H,2-3,6-7,14H2,1H3,(H,15,16). The van der Waals surface area contributed by atoms with E-state index < -0.39 is 5.82 Å². The van der Waals surface area contributed by atoms with Crippen molar-refractivity contribution in [3.63, 3.8) is 0 Å². The van der Waals surface area contributed by atoms with E-state index in [9.17, 15) is 9.18 Å². The molecule has 0 aliphatic carbocycles. The Morgan fingerprint density at radius 1 is 1.53 bits per heavy atom. The number of halogens is 1. The molecule has 5 heteroatoms. The number of hydrogen-bond acceptors (Lipinski definition) is 3. The molecule has 17 heavy (non-hydrogen) atoms. The first-order valence-corrected chi connectivity index (χ1v) is 5.56. The minimum atomic E-state index is -0.473. The molecular formula is C12H17FN2O2. The highest BCUT2D eigenvalue weighted by atomic mass is 19.1. The molecule has 0 bridgehead atoms. The van der Waals surface area contributed by atoms with E-state index in [0.717, 1.165) is 12.5 Å². The van der Waals surface area contributed by atoms with Gasteiger partial charge in [-0.1, -0.05) is 0 Å². The van der Waals surface area contributed by atoms with Crippen molar-refractivity contribution in [1.29, 1.82) is 0 Å². The van der Waals surface area contributed by atoms with Crippen LogP contribution in [0.4, 0.5) is 10.1 Å². The summed E-state index contributed by atoms with van der Waals surface area (Å²) in [6.07, 6.45) is 0.717. The maximum atomic E-state index is 12.9. The number of benzene rings is 1. The van der Waals surface area contributed by atoms with E-state index in [1.807, 2.05) is 6.92 Å².